The highest BCUT2D eigenvalue weighted by atomic mass is 32.2. The number of rotatable bonds is 5. The smallest absolute Gasteiger partial charge is 0.266 e. The molecular weight excluding hydrogens is 312 g/mol. The zero-order valence-corrected chi connectivity index (χ0v) is 14.3. The number of thiophene rings is 1. The van der Waals surface area contributed by atoms with E-state index in [0.29, 0.717) is 0 Å². The van der Waals surface area contributed by atoms with Crippen LogP contribution in [0.4, 0.5) is 5.69 Å². The average molecular weight is 332 g/mol. The first-order valence-corrected chi connectivity index (χ1v) is 9.61. The molecule has 1 amide bonds. The van der Waals surface area contributed by atoms with Crippen LogP contribution in [0.3, 0.4) is 0 Å². The van der Waals surface area contributed by atoms with Crippen molar-refractivity contribution in [3.8, 4) is 0 Å². The predicted molar refractivity (Wildman–Crippen MR) is 95.0 cm³/mol. The van der Waals surface area contributed by atoms with Gasteiger partial charge in [0.25, 0.3) is 5.91 Å². The van der Waals surface area contributed by atoms with Crippen LogP contribution in [0.1, 0.15) is 28.1 Å². The number of carbonyl (C=O) groups is 1. The van der Waals surface area contributed by atoms with Crippen LogP contribution in [-0.2, 0) is 6.54 Å². The van der Waals surface area contributed by atoms with E-state index in [1.807, 2.05) is 29.8 Å². The van der Waals surface area contributed by atoms with Crippen molar-refractivity contribution in [3.63, 3.8) is 0 Å². The number of likely N-dealkylation sites (tertiary alicyclic amines) is 1. The highest BCUT2D eigenvalue weighted by molar-refractivity contribution is 7.98. The number of anilines is 1. The van der Waals surface area contributed by atoms with E-state index in [1.54, 1.807) is 11.8 Å². The Morgan fingerprint density at radius 3 is 2.91 bits per heavy atom. The maximum atomic E-state index is 12.4. The Morgan fingerprint density at radius 1 is 1.32 bits per heavy atom. The van der Waals surface area contributed by atoms with Crippen molar-refractivity contribution in [2.45, 2.75) is 24.3 Å². The normalized spacial score (nSPS) is 15.1. The molecule has 1 aromatic carbocycles. The first-order chi connectivity index (χ1) is 10.8. The number of nitrogens with one attached hydrogen (secondary N) is 1. The quantitative estimate of drug-likeness (QED) is 0.828. The van der Waals surface area contributed by atoms with Gasteiger partial charge in [0.1, 0.15) is 4.88 Å². The third-order valence-electron chi connectivity index (χ3n) is 3.84. The van der Waals surface area contributed by atoms with Gasteiger partial charge in [0, 0.05) is 17.1 Å². The van der Waals surface area contributed by atoms with Crippen LogP contribution in [-0.4, -0.2) is 30.2 Å². The Labute approximate surface area is 139 Å². The molecule has 1 aromatic heterocycles. The summed E-state index contributed by atoms with van der Waals surface area (Å²) in [5, 5.41) is 4.99. The van der Waals surface area contributed by atoms with Gasteiger partial charge in [-0.1, -0.05) is 12.1 Å². The molecule has 2 aromatic rings. The fraction of sp³-hybridized carbons (Fsp3) is 0.353. The summed E-state index contributed by atoms with van der Waals surface area (Å²) in [5.41, 5.74) is 2.14. The second-order valence-corrected chi connectivity index (χ2v) is 7.22. The van der Waals surface area contributed by atoms with E-state index in [1.165, 1.54) is 42.8 Å². The van der Waals surface area contributed by atoms with Crippen LogP contribution in [0.25, 0.3) is 0 Å². The molecule has 1 aliphatic heterocycles. The Balaban J connectivity index is 1.68. The Morgan fingerprint density at radius 2 is 2.14 bits per heavy atom. The van der Waals surface area contributed by atoms with Crippen LogP contribution in [0, 0.1) is 0 Å². The first kappa shape index (κ1) is 15.6. The lowest BCUT2D eigenvalue weighted by atomic mass is 10.2. The average Bonchev–Trinajstić information content (AvgIpc) is 3.18. The van der Waals surface area contributed by atoms with E-state index in [4.69, 9.17) is 0 Å². The second-order valence-electron chi connectivity index (χ2n) is 5.46. The number of carbonyl (C=O) groups excluding carboxylic acids is 1. The van der Waals surface area contributed by atoms with E-state index in [0.717, 1.165) is 22.0 Å². The molecule has 0 atom stereocenters. The lowest BCUT2D eigenvalue weighted by Gasteiger charge is -2.15. The van der Waals surface area contributed by atoms with Gasteiger partial charge in [0.2, 0.25) is 0 Å². The van der Waals surface area contributed by atoms with Gasteiger partial charge >= 0.3 is 0 Å². The van der Waals surface area contributed by atoms with Gasteiger partial charge in [-0.15, -0.1) is 23.1 Å². The molecule has 0 unspecified atom stereocenters. The number of hydrogen-bond acceptors (Lipinski definition) is 4. The summed E-state index contributed by atoms with van der Waals surface area (Å²) in [7, 11) is 0. The fourth-order valence-corrected chi connectivity index (χ4v) is 4.40. The van der Waals surface area contributed by atoms with Gasteiger partial charge in [-0.3, -0.25) is 9.69 Å². The van der Waals surface area contributed by atoms with Crippen LogP contribution >= 0.6 is 23.1 Å². The van der Waals surface area contributed by atoms with E-state index >= 15 is 0 Å². The van der Waals surface area contributed by atoms with Crippen LogP contribution in [0.2, 0.25) is 0 Å². The molecule has 2 heterocycles. The highest BCUT2D eigenvalue weighted by Crippen LogP contribution is 2.26. The number of thioether (sulfide) groups is 1. The number of amides is 1. The topological polar surface area (TPSA) is 32.3 Å². The summed E-state index contributed by atoms with van der Waals surface area (Å²) in [4.78, 5) is 16.7. The zero-order chi connectivity index (χ0) is 15.4. The molecule has 22 heavy (non-hydrogen) atoms. The van der Waals surface area contributed by atoms with E-state index in [2.05, 4.69) is 22.3 Å². The maximum absolute atomic E-state index is 12.4. The summed E-state index contributed by atoms with van der Waals surface area (Å²) in [6, 6.07) is 10.2. The van der Waals surface area contributed by atoms with Crippen molar-refractivity contribution < 1.29 is 4.79 Å². The number of nitrogens with zero attached hydrogens (tertiary/aromatic N) is 1. The molecular formula is C17H20N2OS2. The number of hydrogen-bond donors (Lipinski definition) is 1. The summed E-state index contributed by atoms with van der Waals surface area (Å²) in [6.07, 6.45) is 4.59. The molecule has 1 saturated heterocycles. The molecule has 3 nitrogen and oxygen atoms in total. The Kier molecular flexibility index (Phi) is 5.18. The van der Waals surface area contributed by atoms with Crippen LogP contribution < -0.4 is 5.32 Å². The van der Waals surface area contributed by atoms with Crippen molar-refractivity contribution in [2.24, 2.45) is 0 Å². The third kappa shape index (κ3) is 3.72. The fourth-order valence-electron chi connectivity index (χ4n) is 2.76. The van der Waals surface area contributed by atoms with Crippen molar-refractivity contribution >= 4 is 34.7 Å². The summed E-state index contributed by atoms with van der Waals surface area (Å²) < 4.78 is 0. The minimum absolute atomic E-state index is 0.0160. The molecule has 0 aliphatic carbocycles. The molecule has 116 valence electrons. The van der Waals surface area contributed by atoms with E-state index < -0.39 is 0 Å². The van der Waals surface area contributed by atoms with Gasteiger partial charge in [0.05, 0.1) is 0 Å². The van der Waals surface area contributed by atoms with Gasteiger partial charge < -0.3 is 5.32 Å². The zero-order valence-electron chi connectivity index (χ0n) is 12.7. The minimum Gasteiger partial charge on any atom is -0.321 e. The highest BCUT2D eigenvalue weighted by Gasteiger charge is 2.14. The molecule has 1 N–H and O–H groups in total. The van der Waals surface area contributed by atoms with Gasteiger partial charge in [-0.25, -0.2) is 0 Å². The van der Waals surface area contributed by atoms with Crippen molar-refractivity contribution in [3.05, 3.63) is 46.2 Å². The second kappa shape index (κ2) is 7.31. The van der Waals surface area contributed by atoms with Crippen molar-refractivity contribution in [1.82, 2.24) is 4.90 Å². The summed E-state index contributed by atoms with van der Waals surface area (Å²) in [6.45, 7) is 3.34. The van der Waals surface area contributed by atoms with Crippen LogP contribution in [0.15, 0.2) is 40.6 Å². The molecule has 0 bridgehead atoms. The van der Waals surface area contributed by atoms with Crippen molar-refractivity contribution in [1.29, 1.82) is 0 Å². The monoisotopic (exact) mass is 332 g/mol. The van der Waals surface area contributed by atoms with Gasteiger partial charge in [0.15, 0.2) is 0 Å². The summed E-state index contributed by atoms with van der Waals surface area (Å²) in [5.74, 6) is -0.0160. The Bertz CT molecular complexity index is 648. The standard InChI is InChI=1S/C17H20N2OS2/c1-21-15-7-10-22-16(15)17(20)18-14-6-4-5-13(11-14)12-19-8-2-3-9-19/h4-7,10-11H,2-3,8-9,12H2,1H3,(H,18,20). The predicted octanol–water partition coefficient (Wildman–Crippen LogP) is 4.32. The largest absolute Gasteiger partial charge is 0.321 e. The van der Waals surface area contributed by atoms with E-state index in [9.17, 15) is 4.79 Å². The molecule has 1 aliphatic rings. The Hall–Kier alpha value is -1.30. The molecule has 1 fully saturated rings. The lowest BCUT2D eigenvalue weighted by molar-refractivity contribution is 0.102. The third-order valence-corrected chi connectivity index (χ3v) is 5.67. The molecule has 3 rings (SSSR count). The summed E-state index contributed by atoms with van der Waals surface area (Å²) >= 11 is 3.10. The molecule has 0 spiro atoms. The first-order valence-electron chi connectivity index (χ1n) is 7.50. The van der Waals surface area contributed by atoms with Gasteiger partial charge in [-0.2, -0.15) is 0 Å². The van der Waals surface area contributed by atoms with Crippen LogP contribution in [0.5, 0.6) is 0 Å². The van der Waals surface area contributed by atoms with Gasteiger partial charge in [-0.05, 0) is 61.3 Å². The lowest BCUT2D eigenvalue weighted by Crippen LogP contribution is -2.18. The maximum Gasteiger partial charge on any atom is 0.266 e. The molecule has 0 saturated carbocycles. The van der Waals surface area contributed by atoms with E-state index in [-0.39, 0.29) is 5.91 Å². The molecule has 5 heteroatoms. The SMILES string of the molecule is CSc1ccsc1C(=O)Nc1cccc(CN2CCCC2)c1. The van der Waals surface area contributed by atoms with Crippen molar-refractivity contribution in [2.75, 3.05) is 24.7 Å². The molecule has 0 radical (unpaired) electrons. The number of benzene rings is 1. The minimum atomic E-state index is -0.0160.